The molecule has 0 aliphatic rings. The smallest absolute Gasteiger partial charge is 0.241 e. The van der Waals surface area contributed by atoms with Crippen LogP contribution in [-0.2, 0) is 11.2 Å². The molecule has 110 valence electrons. The molecule has 4 nitrogen and oxygen atoms in total. The van der Waals surface area contributed by atoms with E-state index >= 15 is 0 Å². The van der Waals surface area contributed by atoms with Gasteiger partial charge < -0.3 is 16.2 Å². The molecule has 0 aliphatic carbocycles. The summed E-state index contributed by atoms with van der Waals surface area (Å²) < 4.78 is 0. The average molecular weight is 284 g/mol. The summed E-state index contributed by atoms with van der Waals surface area (Å²) in [7, 11) is 0. The summed E-state index contributed by atoms with van der Waals surface area (Å²) in [5.74, 6) is -0.0120. The monoisotopic (exact) mass is 284 g/mol. The third kappa shape index (κ3) is 4.07. The third-order valence-corrected chi connectivity index (χ3v) is 3.37. The highest BCUT2D eigenvalue weighted by molar-refractivity contribution is 5.95. The second-order valence-electron chi connectivity index (χ2n) is 5.28. The number of amides is 1. The Morgan fingerprint density at radius 1 is 1.19 bits per heavy atom. The minimum Gasteiger partial charge on any atom is -0.508 e. The number of nitrogens with two attached hydrogens (primary N) is 1. The molecule has 2 aromatic carbocycles. The number of anilines is 1. The summed E-state index contributed by atoms with van der Waals surface area (Å²) in [5.41, 5.74) is 9.80. The first kappa shape index (κ1) is 15.1. The van der Waals surface area contributed by atoms with Gasteiger partial charge in [-0.05, 0) is 49.6 Å². The van der Waals surface area contributed by atoms with E-state index in [9.17, 15) is 9.90 Å². The van der Waals surface area contributed by atoms with Gasteiger partial charge in [0.05, 0.1) is 6.04 Å². The maximum absolute atomic E-state index is 12.1. The summed E-state index contributed by atoms with van der Waals surface area (Å²) >= 11 is 0. The Balaban J connectivity index is 2.00. The average Bonchev–Trinajstić information content (AvgIpc) is 2.44. The number of hydrogen-bond acceptors (Lipinski definition) is 3. The van der Waals surface area contributed by atoms with Gasteiger partial charge in [0.25, 0.3) is 0 Å². The van der Waals surface area contributed by atoms with Crippen molar-refractivity contribution in [2.24, 2.45) is 5.73 Å². The zero-order valence-electron chi connectivity index (χ0n) is 12.3. The van der Waals surface area contributed by atoms with Gasteiger partial charge in [0, 0.05) is 5.69 Å². The van der Waals surface area contributed by atoms with Crippen LogP contribution in [0.2, 0.25) is 0 Å². The second kappa shape index (κ2) is 6.41. The van der Waals surface area contributed by atoms with Crippen molar-refractivity contribution in [3.8, 4) is 5.75 Å². The van der Waals surface area contributed by atoms with E-state index in [1.807, 2.05) is 32.0 Å². The van der Waals surface area contributed by atoms with Gasteiger partial charge in [-0.3, -0.25) is 4.79 Å². The second-order valence-corrected chi connectivity index (χ2v) is 5.28. The van der Waals surface area contributed by atoms with Crippen molar-refractivity contribution in [3.05, 3.63) is 59.2 Å². The molecule has 0 aromatic heterocycles. The molecule has 0 fully saturated rings. The van der Waals surface area contributed by atoms with Crippen LogP contribution in [0.4, 0.5) is 5.69 Å². The molecular weight excluding hydrogens is 264 g/mol. The van der Waals surface area contributed by atoms with E-state index in [1.165, 1.54) is 0 Å². The Morgan fingerprint density at radius 3 is 2.48 bits per heavy atom. The predicted molar refractivity (Wildman–Crippen MR) is 84.3 cm³/mol. The van der Waals surface area contributed by atoms with Crippen molar-refractivity contribution in [2.45, 2.75) is 26.3 Å². The van der Waals surface area contributed by atoms with E-state index in [0.29, 0.717) is 6.42 Å². The number of phenols is 1. The molecule has 0 radical (unpaired) electrons. The lowest BCUT2D eigenvalue weighted by molar-refractivity contribution is -0.117. The van der Waals surface area contributed by atoms with Crippen LogP contribution in [0.5, 0.6) is 5.75 Å². The van der Waals surface area contributed by atoms with E-state index in [-0.39, 0.29) is 11.7 Å². The van der Waals surface area contributed by atoms with Crippen molar-refractivity contribution in [1.82, 2.24) is 0 Å². The van der Waals surface area contributed by atoms with E-state index in [1.54, 1.807) is 24.3 Å². The molecule has 0 saturated carbocycles. The number of carbonyl (C=O) groups excluding carboxylic acids is 1. The van der Waals surface area contributed by atoms with E-state index in [2.05, 4.69) is 5.32 Å². The van der Waals surface area contributed by atoms with E-state index in [4.69, 9.17) is 5.73 Å². The number of aromatic hydroxyl groups is 1. The van der Waals surface area contributed by atoms with Crippen LogP contribution in [-0.4, -0.2) is 17.1 Å². The van der Waals surface area contributed by atoms with Crippen LogP contribution in [0.3, 0.4) is 0 Å². The summed E-state index contributed by atoms with van der Waals surface area (Å²) in [4.78, 5) is 12.1. The van der Waals surface area contributed by atoms with E-state index in [0.717, 1.165) is 22.4 Å². The molecule has 0 aliphatic heterocycles. The fraction of sp³-hybridized carbons (Fsp3) is 0.235. The van der Waals surface area contributed by atoms with Crippen molar-refractivity contribution >= 4 is 11.6 Å². The SMILES string of the molecule is Cc1ccc(NC(=O)[C@@H](N)Cc2ccc(O)cc2)c(C)c1. The lowest BCUT2D eigenvalue weighted by atomic mass is 10.1. The topological polar surface area (TPSA) is 75.4 Å². The summed E-state index contributed by atoms with van der Waals surface area (Å²) in [6.07, 6.45) is 0.428. The van der Waals surface area contributed by atoms with Gasteiger partial charge in [-0.15, -0.1) is 0 Å². The van der Waals surface area contributed by atoms with Crippen LogP contribution in [0, 0.1) is 13.8 Å². The molecule has 2 aromatic rings. The Hall–Kier alpha value is -2.33. The van der Waals surface area contributed by atoms with Crippen molar-refractivity contribution < 1.29 is 9.90 Å². The van der Waals surface area contributed by atoms with Crippen LogP contribution in [0.25, 0.3) is 0 Å². The normalized spacial score (nSPS) is 12.0. The number of nitrogens with one attached hydrogen (secondary N) is 1. The maximum atomic E-state index is 12.1. The first-order valence-corrected chi connectivity index (χ1v) is 6.87. The molecule has 0 spiro atoms. The molecule has 4 heteroatoms. The zero-order chi connectivity index (χ0) is 15.4. The van der Waals surface area contributed by atoms with Crippen LogP contribution >= 0.6 is 0 Å². The molecule has 2 rings (SSSR count). The Morgan fingerprint density at radius 2 is 1.86 bits per heavy atom. The Labute approximate surface area is 124 Å². The van der Waals surface area contributed by atoms with Gasteiger partial charge in [0.15, 0.2) is 0 Å². The van der Waals surface area contributed by atoms with Crippen molar-refractivity contribution in [1.29, 1.82) is 0 Å². The molecule has 1 amide bonds. The fourth-order valence-corrected chi connectivity index (χ4v) is 2.16. The highest BCUT2D eigenvalue weighted by atomic mass is 16.3. The number of benzene rings is 2. The maximum Gasteiger partial charge on any atom is 0.241 e. The fourth-order valence-electron chi connectivity index (χ4n) is 2.16. The van der Waals surface area contributed by atoms with Crippen LogP contribution in [0.1, 0.15) is 16.7 Å². The van der Waals surface area contributed by atoms with Crippen LogP contribution in [0.15, 0.2) is 42.5 Å². The molecule has 4 N–H and O–H groups in total. The number of phenolic OH excluding ortho intramolecular Hbond substituents is 1. The molecule has 0 bridgehead atoms. The Bertz CT molecular complexity index is 636. The van der Waals surface area contributed by atoms with Crippen molar-refractivity contribution in [3.63, 3.8) is 0 Å². The van der Waals surface area contributed by atoms with Gasteiger partial charge in [0.1, 0.15) is 5.75 Å². The summed E-state index contributed by atoms with van der Waals surface area (Å²) in [6, 6.07) is 11.9. The number of carbonyl (C=O) groups is 1. The lowest BCUT2D eigenvalue weighted by Crippen LogP contribution is -2.37. The zero-order valence-corrected chi connectivity index (χ0v) is 12.3. The summed E-state index contributed by atoms with van der Waals surface area (Å²) in [5, 5.41) is 12.1. The molecule has 21 heavy (non-hydrogen) atoms. The van der Waals surface area contributed by atoms with Gasteiger partial charge in [0.2, 0.25) is 5.91 Å². The highest BCUT2D eigenvalue weighted by Crippen LogP contribution is 2.17. The predicted octanol–water partition coefficient (Wildman–Crippen LogP) is 2.52. The highest BCUT2D eigenvalue weighted by Gasteiger charge is 2.15. The quantitative estimate of drug-likeness (QED) is 0.807. The molecule has 0 saturated heterocycles. The first-order valence-electron chi connectivity index (χ1n) is 6.87. The Kier molecular flexibility index (Phi) is 4.60. The van der Waals surface area contributed by atoms with E-state index < -0.39 is 6.04 Å². The summed E-state index contributed by atoms with van der Waals surface area (Å²) in [6.45, 7) is 3.96. The molecule has 0 heterocycles. The number of hydrogen-bond donors (Lipinski definition) is 3. The van der Waals surface area contributed by atoms with Gasteiger partial charge >= 0.3 is 0 Å². The van der Waals surface area contributed by atoms with Crippen molar-refractivity contribution in [2.75, 3.05) is 5.32 Å². The first-order chi connectivity index (χ1) is 9.95. The van der Waals surface area contributed by atoms with Gasteiger partial charge in [-0.2, -0.15) is 0 Å². The van der Waals surface area contributed by atoms with Crippen LogP contribution < -0.4 is 11.1 Å². The lowest BCUT2D eigenvalue weighted by Gasteiger charge is -2.14. The number of aryl methyl sites for hydroxylation is 2. The third-order valence-electron chi connectivity index (χ3n) is 3.37. The molecular formula is C17H20N2O2. The van der Waals surface area contributed by atoms with Gasteiger partial charge in [-0.1, -0.05) is 29.8 Å². The van der Waals surface area contributed by atoms with Gasteiger partial charge in [-0.25, -0.2) is 0 Å². The standard InChI is InChI=1S/C17H20N2O2/c1-11-3-8-16(12(2)9-11)19-17(21)15(18)10-13-4-6-14(20)7-5-13/h3-9,15,20H,10,18H2,1-2H3,(H,19,21)/t15-/m0/s1. The number of rotatable bonds is 4. The largest absolute Gasteiger partial charge is 0.508 e. The molecule has 1 atom stereocenters. The molecule has 0 unspecified atom stereocenters. The minimum absolute atomic E-state index is 0.201. The minimum atomic E-state index is -0.629.